The highest BCUT2D eigenvalue weighted by molar-refractivity contribution is 6.48. The van der Waals surface area contributed by atoms with Gasteiger partial charge in [0.2, 0.25) is 6.17 Å². The minimum atomic E-state index is 0.637. The minimum Gasteiger partial charge on any atom is -0.262 e. The topological polar surface area (TPSA) is 89.0 Å². The van der Waals surface area contributed by atoms with Crippen LogP contribution in [-0.4, -0.2) is 57.2 Å². The van der Waals surface area contributed by atoms with E-state index in [4.69, 9.17) is 30.4 Å². The highest BCUT2D eigenvalue weighted by Gasteiger charge is 2.43. The molecular weight excluding hydrogens is 524 g/mol. The maximum atomic E-state index is 5.13. The van der Waals surface area contributed by atoms with Gasteiger partial charge in [-0.1, -0.05) is 77.9 Å². The molecule has 4 aliphatic rings. The Morgan fingerprint density at radius 1 is 0.667 bits per heavy atom. The molecular formula is C32H24N10+. The number of nitrogens with zero attached hydrogens (tertiary/aromatic N) is 10. The molecule has 0 spiro atoms. The predicted octanol–water partition coefficient (Wildman–Crippen LogP) is 3.82. The van der Waals surface area contributed by atoms with Crippen LogP contribution < -0.4 is 9.52 Å². The van der Waals surface area contributed by atoms with Crippen LogP contribution in [0, 0.1) is 6.17 Å². The van der Waals surface area contributed by atoms with Crippen LogP contribution in [0.1, 0.15) is 16.8 Å². The largest absolute Gasteiger partial charge is 0.350 e. The van der Waals surface area contributed by atoms with Gasteiger partial charge in [-0.05, 0) is 23.2 Å². The number of anilines is 1. The summed E-state index contributed by atoms with van der Waals surface area (Å²) >= 11 is 0. The van der Waals surface area contributed by atoms with Crippen molar-refractivity contribution >= 4 is 40.0 Å². The molecule has 0 aliphatic carbocycles. The third-order valence-corrected chi connectivity index (χ3v) is 7.32. The second-order valence-electron chi connectivity index (χ2n) is 10.0. The third kappa shape index (κ3) is 3.76. The van der Waals surface area contributed by atoms with Gasteiger partial charge in [0.25, 0.3) is 5.82 Å². The fourth-order valence-electron chi connectivity index (χ4n) is 5.39. The molecule has 0 fully saturated rings. The molecule has 0 unspecified atom stereocenters. The standard InChI is InChI=1S/C32H24N10/c1-39-31-29(37-41-19-11-9-17-23(41)33-31)25(27(35-39)21-13-5-3-6-14-21)26-28(22-15-7-4-8-16-22)36-40(2)32-30(26)38-42-20-12-10-18-24(42)34-32/h3-20H,1-2H3/q+1/b26-25+. The highest BCUT2D eigenvalue weighted by atomic mass is 15.6. The Bertz CT molecular complexity index is 1970. The summed E-state index contributed by atoms with van der Waals surface area (Å²) in [6.07, 6.45) is 10.3. The number of hydrogen-bond donors (Lipinski definition) is 0. The summed E-state index contributed by atoms with van der Waals surface area (Å²) in [7, 11) is 3.80. The first-order chi connectivity index (χ1) is 20.7. The summed E-state index contributed by atoms with van der Waals surface area (Å²) < 4.78 is 1.79. The summed E-state index contributed by atoms with van der Waals surface area (Å²) in [6, 6.07) is 26.1. The van der Waals surface area contributed by atoms with Gasteiger partial charge in [0.1, 0.15) is 23.3 Å². The van der Waals surface area contributed by atoms with Crippen molar-refractivity contribution in [3.63, 3.8) is 0 Å². The molecule has 0 saturated carbocycles. The lowest BCUT2D eigenvalue weighted by molar-refractivity contribution is -0.583. The zero-order valence-corrected chi connectivity index (χ0v) is 22.9. The molecule has 42 heavy (non-hydrogen) atoms. The molecule has 8 rings (SSSR count). The Labute approximate surface area is 242 Å². The van der Waals surface area contributed by atoms with Crippen molar-refractivity contribution < 1.29 is 4.52 Å². The first-order valence-corrected chi connectivity index (χ1v) is 13.5. The lowest BCUT2D eigenvalue weighted by Gasteiger charge is -2.36. The average molecular weight is 549 g/mol. The molecule has 0 amide bonds. The molecule has 10 nitrogen and oxygen atoms in total. The molecule has 0 atom stereocenters. The number of allylic oxidation sites excluding steroid dienone is 3. The molecule has 0 bridgehead atoms. The van der Waals surface area contributed by atoms with E-state index in [1.165, 1.54) is 0 Å². The van der Waals surface area contributed by atoms with Gasteiger partial charge >= 0.3 is 5.65 Å². The van der Waals surface area contributed by atoms with Gasteiger partial charge in [-0.25, -0.2) is 15.0 Å². The van der Waals surface area contributed by atoms with Crippen molar-refractivity contribution in [1.82, 2.24) is 20.1 Å². The van der Waals surface area contributed by atoms with Crippen LogP contribution in [0.5, 0.6) is 0 Å². The Morgan fingerprint density at radius 2 is 1.36 bits per heavy atom. The van der Waals surface area contributed by atoms with E-state index in [9.17, 15) is 0 Å². The molecule has 6 heterocycles. The van der Waals surface area contributed by atoms with E-state index < -0.39 is 0 Å². The summed E-state index contributed by atoms with van der Waals surface area (Å²) in [4.78, 5) is 9.96. The van der Waals surface area contributed by atoms with E-state index in [-0.39, 0.29) is 0 Å². The zero-order chi connectivity index (χ0) is 28.2. The first kappa shape index (κ1) is 24.1. The average Bonchev–Trinajstić information content (AvgIpc) is 3.04. The van der Waals surface area contributed by atoms with Crippen LogP contribution in [0.2, 0.25) is 0 Å². The number of hydrogen-bond acceptors (Lipinski definition) is 9. The lowest BCUT2D eigenvalue weighted by atomic mass is 9.85. The summed E-state index contributed by atoms with van der Waals surface area (Å²) in [6.45, 7) is 0. The van der Waals surface area contributed by atoms with Crippen molar-refractivity contribution in [2.24, 2.45) is 20.3 Å². The number of benzene rings is 2. The van der Waals surface area contributed by atoms with Crippen LogP contribution in [0.15, 0.2) is 135 Å². The van der Waals surface area contributed by atoms with Gasteiger partial charge in [-0.3, -0.25) is 5.01 Å². The van der Waals surface area contributed by atoms with E-state index in [1.807, 2.05) is 99.3 Å². The number of rotatable bonds is 2. The van der Waals surface area contributed by atoms with E-state index >= 15 is 0 Å². The fraction of sp³-hybridized carbons (Fsp3) is 0.0625. The van der Waals surface area contributed by atoms with Gasteiger partial charge in [-0.2, -0.15) is 15.3 Å². The van der Waals surface area contributed by atoms with Crippen LogP contribution >= 0.6 is 0 Å². The van der Waals surface area contributed by atoms with Crippen molar-refractivity contribution in [2.75, 3.05) is 19.1 Å². The molecule has 201 valence electrons. The molecule has 4 aromatic rings. The van der Waals surface area contributed by atoms with Crippen molar-refractivity contribution in [3.8, 4) is 0 Å². The smallest absolute Gasteiger partial charge is 0.262 e. The second-order valence-corrected chi connectivity index (χ2v) is 10.0. The van der Waals surface area contributed by atoms with Gasteiger partial charge in [-0.15, -0.1) is 4.52 Å². The van der Waals surface area contributed by atoms with Gasteiger partial charge in [0.15, 0.2) is 11.5 Å². The summed E-state index contributed by atoms with van der Waals surface area (Å²) in [5, 5.41) is 25.8. The molecule has 1 radical (unpaired) electrons. The third-order valence-electron chi connectivity index (χ3n) is 7.32. The van der Waals surface area contributed by atoms with Crippen LogP contribution in [-0.2, 0) is 0 Å². The number of amidine groups is 1. The van der Waals surface area contributed by atoms with Crippen molar-refractivity contribution in [2.45, 2.75) is 0 Å². The molecule has 0 N–H and O–H groups in total. The maximum absolute atomic E-state index is 5.13. The first-order valence-electron chi connectivity index (χ1n) is 13.5. The van der Waals surface area contributed by atoms with Crippen molar-refractivity contribution in [1.29, 1.82) is 0 Å². The van der Waals surface area contributed by atoms with E-state index in [0.717, 1.165) is 33.7 Å². The van der Waals surface area contributed by atoms with Gasteiger partial charge < -0.3 is 0 Å². The molecule has 0 saturated heterocycles. The summed E-state index contributed by atoms with van der Waals surface area (Å²) in [5.41, 5.74) is 6.97. The minimum absolute atomic E-state index is 0.637. The molecule has 2 aromatic carbocycles. The molecule has 2 aromatic heterocycles. The lowest BCUT2D eigenvalue weighted by Crippen LogP contribution is -2.43. The van der Waals surface area contributed by atoms with Gasteiger partial charge in [0, 0.05) is 43.1 Å². The van der Waals surface area contributed by atoms with Crippen molar-refractivity contribution in [3.05, 3.63) is 138 Å². The Kier molecular flexibility index (Phi) is 5.39. The van der Waals surface area contributed by atoms with Crippen LogP contribution in [0.25, 0.3) is 11.2 Å². The predicted molar refractivity (Wildman–Crippen MR) is 162 cm³/mol. The number of pyridine rings is 1. The molecule has 4 aliphatic heterocycles. The Hall–Kier alpha value is -5.77. The number of aliphatic imine (C=N–C) groups is 1. The SMILES string of the molecule is CN1N=C(c2ccccc2)/C(=C2/C(c3ccccc3)=NN(C)c3nc4cccc[n+]4nc32)C2=NN3C=CC=CC3=N[C]21. The number of hydrazone groups is 3. The maximum Gasteiger partial charge on any atom is 0.350 e. The monoisotopic (exact) mass is 548 g/mol. The van der Waals surface area contributed by atoms with Crippen LogP contribution in [0.3, 0.4) is 0 Å². The van der Waals surface area contributed by atoms with E-state index in [2.05, 4.69) is 24.3 Å². The summed E-state index contributed by atoms with van der Waals surface area (Å²) in [5.74, 6) is 1.35. The Balaban J connectivity index is 1.50. The normalized spacial score (nSPS) is 19.5. The van der Waals surface area contributed by atoms with Crippen LogP contribution in [0.4, 0.5) is 5.82 Å². The second kappa shape index (κ2) is 9.41. The number of fused-ring (bicyclic) bond motifs is 4. The highest BCUT2D eigenvalue weighted by Crippen LogP contribution is 2.40. The Morgan fingerprint density at radius 3 is 2.12 bits per heavy atom. The molecule has 10 heteroatoms. The van der Waals surface area contributed by atoms with Gasteiger partial charge in [0.05, 0.1) is 5.57 Å². The zero-order valence-electron chi connectivity index (χ0n) is 22.9. The van der Waals surface area contributed by atoms with E-state index in [0.29, 0.717) is 34.9 Å². The quantitative estimate of drug-likeness (QED) is 0.356. The fourth-order valence-corrected chi connectivity index (χ4v) is 5.39. The number of aromatic nitrogens is 3. The van der Waals surface area contributed by atoms with E-state index in [1.54, 1.807) is 19.5 Å².